The summed E-state index contributed by atoms with van der Waals surface area (Å²) in [7, 11) is 1.68. The van der Waals surface area contributed by atoms with Crippen molar-refractivity contribution in [3.8, 4) is 6.07 Å². The van der Waals surface area contributed by atoms with Crippen LogP contribution in [0, 0.1) is 22.6 Å². The molecule has 6 nitrogen and oxygen atoms in total. The van der Waals surface area contributed by atoms with Crippen LogP contribution < -0.4 is 5.32 Å². The molecule has 1 aromatic rings. The lowest BCUT2D eigenvalue weighted by Gasteiger charge is -2.37. The molecule has 1 heterocycles. The van der Waals surface area contributed by atoms with Gasteiger partial charge in [-0.3, -0.25) is 4.90 Å². The summed E-state index contributed by atoms with van der Waals surface area (Å²) in [5, 5.41) is 11.4. The fraction of sp³-hybridized carbons (Fsp3) is 0.556. The van der Waals surface area contributed by atoms with Gasteiger partial charge in [-0.25, -0.2) is 9.18 Å². The first-order valence-electron chi connectivity index (χ1n) is 8.32. The van der Waals surface area contributed by atoms with Crippen LogP contribution in [0.1, 0.15) is 19.4 Å². The number of urea groups is 1. The van der Waals surface area contributed by atoms with E-state index < -0.39 is 11.8 Å². The number of amides is 2. The molecule has 1 N–H and O–H groups in total. The quantitative estimate of drug-likeness (QED) is 0.888. The molecule has 0 spiro atoms. The van der Waals surface area contributed by atoms with E-state index in [1.54, 1.807) is 11.9 Å². The first-order chi connectivity index (χ1) is 11.8. The summed E-state index contributed by atoms with van der Waals surface area (Å²) in [6, 6.07) is 5.42. The van der Waals surface area contributed by atoms with Crippen molar-refractivity contribution in [3.63, 3.8) is 0 Å². The number of benzene rings is 1. The highest BCUT2D eigenvalue weighted by Gasteiger charge is 2.26. The van der Waals surface area contributed by atoms with Crippen LogP contribution in [0.4, 0.5) is 14.9 Å². The SMILES string of the molecule is CN(CC(C)(C)CN1CCOCC1)C(=O)Nc1cc(C#N)ccc1F. The van der Waals surface area contributed by atoms with Crippen LogP contribution in [0.3, 0.4) is 0 Å². The Morgan fingerprint density at radius 2 is 2.12 bits per heavy atom. The molecule has 1 aliphatic rings. The third-order valence-corrected chi connectivity index (χ3v) is 4.10. The van der Waals surface area contributed by atoms with E-state index in [9.17, 15) is 9.18 Å². The first kappa shape index (κ1) is 19.2. The Hall–Kier alpha value is -2.17. The maximum absolute atomic E-state index is 13.8. The number of hydrogen-bond donors (Lipinski definition) is 1. The van der Waals surface area contributed by atoms with Crippen molar-refractivity contribution in [2.75, 3.05) is 51.8 Å². The van der Waals surface area contributed by atoms with Crippen LogP contribution in [0.2, 0.25) is 0 Å². The largest absolute Gasteiger partial charge is 0.379 e. The maximum Gasteiger partial charge on any atom is 0.321 e. The average Bonchev–Trinajstić information content (AvgIpc) is 2.56. The van der Waals surface area contributed by atoms with Gasteiger partial charge in [-0.2, -0.15) is 5.26 Å². The number of hydrogen-bond acceptors (Lipinski definition) is 4. The molecule has 0 atom stereocenters. The molecule has 0 aromatic heterocycles. The van der Waals surface area contributed by atoms with Crippen molar-refractivity contribution < 1.29 is 13.9 Å². The second-order valence-electron chi connectivity index (χ2n) is 7.15. The lowest BCUT2D eigenvalue weighted by Crippen LogP contribution is -2.47. The fourth-order valence-corrected chi connectivity index (χ4v) is 3.03. The monoisotopic (exact) mass is 348 g/mol. The van der Waals surface area contributed by atoms with E-state index in [0.717, 1.165) is 32.8 Å². The molecule has 25 heavy (non-hydrogen) atoms. The minimum absolute atomic E-state index is 0.0156. The maximum atomic E-state index is 13.8. The molecule has 1 saturated heterocycles. The summed E-state index contributed by atoms with van der Waals surface area (Å²) >= 11 is 0. The molecule has 1 fully saturated rings. The molecule has 1 aromatic carbocycles. The predicted octanol–water partition coefficient (Wildman–Crippen LogP) is 2.52. The van der Waals surface area contributed by atoms with E-state index in [0.29, 0.717) is 12.1 Å². The van der Waals surface area contributed by atoms with Gasteiger partial charge in [0.05, 0.1) is 30.5 Å². The van der Waals surface area contributed by atoms with Gasteiger partial charge in [0.2, 0.25) is 0 Å². The molecular formula is C18H25FN4O2. The van der Waals surface area contributed by atoms with E-state index in [1.807, 2.05) is 6.07 Å². The molecular weight excluding hydrogens is 323 g/mol. The number of rotatable bonds is 5. The van der Waals surface area contributed by atoms with E-state index >= 15 is 0 Å². The Bertz CT molecular complexity index is 651. The van der Waals surface area contributed by atoms with Gasteiger partial charge in [-0.05, 0) is 23.6 Å². The molecule has 0 radical (unpaired) electrons. The zero-order valence-electron chi connectivity index (χ0n) is 15.0. The van der Waals surface area contributed by atoms with Crippen LogP contribution >= 0.6 is 0 Å². The van der Waals surface area contributed by atoms with E-state index in [4.69, 9.17) is 10.00 Å². The van der Waals surface area contributed by atoms with Gasteiger partial charge in [-0.1, -0.05) is 13.8 Å². The lowest BCUT2D eigenvalue weighted by atomic mass is 9.92. The minimum Gasteiger partial charge on any atom is -0.379 e. The van der Waals surface area contributed by atoms with Crippen LogP contribution in [0.5, 0.6) is 0 Å². The molecule has 0 aliphatic carbocycles. The zero-order valence-corrected chi connectivity index (χ0v) is 15.0. The Morgan fingerprint density at radius 3 is 2.76 bits per heavy atom. The minimum atomic E-state index is -0.562. The second kappa shape index (κ2) is 8.28. The van der Waals surface area contributed by atoms with E-state index in [2.05, 4.69) is 24.1 Å². The van der Waals surface area contributed by atoms with Crippen molar-refractivity contribution in [2.45, 2.75) is 13.8 Å². The van der Waals surface area contributed by atoms with Crippen LogP contribution in [0.15, 0.2) is 18.2 Å². The summed E-state index contributed by atoms with van der Waals surface area (Å²) in [4.78, 5) is 16.2. The summed E-state index contributed by atoms with van der Waals surface area (Å²) in [5.74, 6) is -0.562. The van der Waals surface area contributed by atoms with Gasteiger partial charge in [0.15, 0.2) is 0 Å². The van der Waals surface area contributed by atoms with Gasteiger partial charge >= 0.3 is 6.03 Å². The van der Waals surface area contributed by atoms with Crippen molar-refractivity contribution in [1.29, 1.82) is 5.26 Å². The second-order valence-corrected chi connectivity index (χ2v) is 7.15. The molecule has 7 heteroatoms. The van der Waals surface area contributed by atoms with Crippen LogP contribution in [0.25, 0.3) is 0 Å². The number of nitrogens with zero attached hydrogens (tertiary/aromatic N) is 3. The van der Waals surface area contributed by atoms with Gasteiger partial charge < -0.3 is 15.0 Å². The highest BCUT2D eigenvalue weighted by molar-refractivity contribution is 5.89. The molecule has 136 valence electrons. The molecule has 2 rings (SSSR count). The fourth-order valence-electron chi connectivity index (χ4n) is 3.03. The highest BCUT2D eigenvalue weighted by atomic mass is 19.1. The topological polar surface area (TPSA) is 68.6 Å². The molecule has 0 saturated carbocycles. The van der Waals surface area contributed by atoms with E-state index in [1.165, 1.54) is 18.2 Å². The predicted molar refractivity (Wildman–Crippen MR) is 93.8 cm³/mol. The number of ether oxygens (including phenoxy) is 1. The zero-order chi connectivity index (χ0) is 18.4. The standard InChI is InChI=1S/C18H25FN4O2/c1-18(2,13-23-6-8-25-9-7-23)12-22(3)17(24)21-16-10-14(11-20)4-5-15(16)19/h4-5,10H,6-9,12-13H2,1-3H3,(H,21,24). The Morgan fingerprint density at radius 1 is 1.44 bits per heavy atom. The Kier molecular flexibility index (Phi) is 6.34. The summed E-state index contributed by atoms with van der Waals surface area (Å²) in [5.41, 5.74) is 0.199. The number of morpholine rings is 1. The molecule has 0 bridgehead atoms. The van der Waals surface area contributed by atoms with Crippen molar-refractivity contribution >= 4 is 11.7 Å². The average molecular weight is 348 g/mol. The van der Waals surface area contributed by atoms with Gasteiger partial charge in [0, 0.05) is 33.2 Å². The lowest BCUT2D eigenvalue weighted by molar-refractivity contribution is 0.0182. The normalized spacial score (nSPS) is 15.5. The summed E-state index contributed by atoms with van der Waals surface area (Å²) in [6.45, 7) is 8.84. The number of carbonyl (C=O) groups excluding carboxylic acids is 1. The van der Waals surface area contributed by atoms with Crippen molar-refractivity contribution in [3.05, 3.63) is 29.6 Å². The molecule has 0 unspecified atom stereocenters. The third-order valence-electron chi connectivity index (χ3n) is 4.10. The number of nitriles is 1. The number of carbonyl (C=O) groups is 1. The highest BCUT2D eigenvalue weighted by Crippen LogP contribution is 2.21. The van der Waals surface area contributed by atoms with Gasteiger partial charge in [0.1, 0.15) is 5.82 Å². The third kappa shape index (κ3) is 5.69. The number of anilines is 1. The summed E-state index contributed by atoms with van der Waals surface area (Å²) < 4.78 is 19.2. The van der Waals surface area contributed by atoms with Gasteiger partial charge in [-0.15, -0.1) is 0 Å². The number of nitrogens with one attached hydrogen (secondary N) is 1. The molecule has 1 aliphatic heterocycles. The Balaban J connectivity index is 1.94. The first-order valence-corrected chi connectivity index (χ1v) is 8.32. The van der Waals surface area contributed by atoms with E-state index in [-0.39, 0.29) is 11.1 Å². The van der Waals surface area contributed by atoms with Gasteiger partial charge in [0.25, 0.3) is 0 Å². The molecule has 2 amide bonds. The van der Waals surface area contributed by atoms with Crippen molar-refractivity contribution in [1.82, 2.24) is 9.80 Å². The Labute approximate surface area is 148 Å². The number of halogens is 1. The summed E-state index contributed by atoms with van der Waals surface area (Å²) in [6.07, 6.45) is 0. The smallest absolute Gasteiger partial charge is 0.321 e. The van der Waals surface area contributed by atoms with Crippen LogP contribution in [-0.4, -0.2) is 62.3 Å². The van der Waals surface area contributed by atoms with Crippen LogP contribution in [-0.2, 0) is 4.74 Å². The van der Waals surface area contributed by atoms with Crippen molar-refractivity contribution in [2.24, 2.45) is 5.41 Å².